The Kier molecular flexibility index (Phi) is 2.71. The lowest BCUT2D eigenvalue weighted by Crippen LogP contribution is -2.12. The van der Waals surface area contributed by atoms with Gasteiger partial charge in [-0.1, -0.05) is 5.57 Å². The van der Waals surface area contributed by atoms with E-state index in [1.165, 1.54) is 5.57 Å². The van der Waals surface area contributed by atoms with E-state index in [-0.39, 0.29) is 5.78 Å². The fraction of sp³-hybridized carbons (Fsp3) is 0.583. The molecule has 0 spiro atoms. The number of hydrogen-bond donors (Lipinski definition) is 0. The Bertz CT molecular complexity index is 310. The van der Waals surface area contributed by atoms with Crippen molar-refractivity contribution in [3.05, 3.63) is 23.0 Å². The summed E-state index contributed by atoms with van der Waals surface area (Å²) >= 11 is 0. The first-order valence-corrected chi connectivity index (χ1v) is 5.35. The SMILES string of the molecule is CC1=C(C(=O)C2=CCCCO2)CCC1. The van der Waals surface area contributed by atoms with Crippen LogP contribution < -0.4 is 0 Å². The second kappa shape index (κ2) is 3.99. The summed E-state index contributed by atoms with van der Waals surface area (Å²) in [6.07, 6.45) is 7.09. The highest BCUT2D eigenvalue weighted by Gasteiger charge is 2.23. The molecule has 1 aliphatic heterocycles. The van der Waals surface area contributed by atoms with E-state index in [0.717, 1.165) is 37.7 Å². The quantitative estimate of drug-likeness (QED) is 0.672. The van der Waals surface area contributed by atoms with Crippen molar-refractivity contribution >= 4 is 5.78 Å². The molecule has 2 aliphatic rings. The van der Waals surface area contributed by atoms with Gasteiger partial charge in [0.2, 0.25) is 5.78 Å². The van der Waals surface area contributed by atoms with Gasteiger partial charge in [0.25, 0.3) is 0 Å². The molecule has 14 heavy (non-hydrogen) atoms. The van der Waals surface area contributed by atoms with E-state index in [9.17, 15) is 4.79 Å². The highest BCUT2D eigenvalue weighted by Crippen LogP contribution is 2.29. The van der Waals surface area contributed by atoms with E-state index in [1.54, 1.807) is 0 Å². The third-order valence-electron chi connectivity index (χ3n) is 2.93. The van der Waals surface area contributed by atoms with Gasteiger partial charge >= 0.3 is 0 Å². The number of hydrogen-bond acceptors (Lipinski definition) is 2. The van der Waals surface area contributed by atoms with E-state index < -0.39 is 0 Å². The Hall–Kier alpha value is -1.05. The fourth-order valence-corrected chi connectivity index (χ4v) is 2.07. The molecule has 0 bridgehead atoms. The predicted octanol–water partition coefficient (Wildman–Crippen LogP) is 2.75. The lowest BCUT2D eigenvalue weighted by Gasteiger charge is -2.14. The third kappa shape index (κ3) is 1.74. The van der Waals surface area contributed by atoms with Gasteiger partial charge in [-0.05, 0) is 45.1 Å². The van der Waals surface area contributed by atoms with Crippen molar-refractivity contribution < 1.29 is 9.53 Å². The molecule has 76 valence electrons. The summed E-state index contributed by atoms with van der Waals surface area (Å²) in [6, 6.07) is 0. The second-order valence-electron chi connectivity index (χ2n) is 4.00. The van der Waals surface area contributed by atoms with Gasteiger partial charge in [-0.25, -0.2) is 0 Å². The van der Waals surface area contributed by atoms with Gasteiger partial charge in [0.1, 0.15) is 0 Å². The molecule has 0 aromatic rings. The van der Waals surface area contributed by atoms with E-state index in [1.807, 2.05) is 6.08 Å². The first-order chi connectivity index (χ1) is 6.79. The maximum Gasteiger partial charge on any atom is 0.223 e. The largest absolute Gasteiger partial charge is 0.490 e. The zero-order valence-electron chi connectivity index (χ0n) is 8.64. The fourth-order valence-electron chi connectivity index (χ4n) is 2.07. The molecule has 1 heterocycles. The van der Waals surface area contributed by atoms with E-state index in [2.05, 4.69) is 6.92 Å². The van der Waals surface area contributed by atoms with Crippen LogP contribution in [0.2, 0.25) is 0 Å². The molecule has 0 aromatic heterocycles. The standard InChI is InChI=1S/C12H16O2/c1-9-5-4-6-10(9)12(13)11-7-2-3-8-14-11/h7H,2-6,8H2,1H3. The van der Waals surface area contributed by atoms with E-state index in [4.69, 9.17) is 4.74 Å². The molecular weight excluding hydrogens is 176 g/mol. The molecule has 1 aliphatic carbocycles. The maximum atomic E-state index is 12.0. The van der Waals surface area contributed by atoms with Crippen LogP contribution in [0.5, 0.6) is 0 Å². The van der Waals surface area contributed by atoms with Crippen LogP contribution in [0.1, 0.15) is 39.0 Å². The monoisotopic (exact) mass is 192 g/mol. The lowest BCUT2D eigenvalue weighted by molar-refractivity contribution is -0.115. The van der Waals surface area contributed by atoms with Gasteiger partial charge in [0.15, 0.2) is 5.76 Å². The predicted molar refractivity (Wildman–Crippen MR) is 54.8 cm³/mol. The van der Waals surface area contributed by atoms with Crippen LogP contribution in [0.25, 0.3) is 0 Å². The minimum atomic E-state index is 0.139. The van der Waals surface area contributed by atoms with Crippen LogP contribution in [0, 0.1) is 0 Å². The molecule has 0 radical (unpaired) electrons. The summed E-state index contributed by atoms with van der Waals surface area (Å²) in [7, 11) is 0. The molecular formula is C12H16O2. The van der Waals surface area contributed by atoms with Crippen molar-refractivity contribution in [3.8, 4) is 0 Å². The number of allylic oxidation sites excluding steroid dienone is 3. The molecule has 2 heteroatoms. The Morgan fingerprint density at radius 2 is 2.21 bits per heavy atom. The molecule has 0 atom stereocenters. The van der Waals surface area contributed by atoms with Crippen molar-refractivity contribution in [1.29, 1.82) is 0 Å². The average Bonchev–Trinajstić information content (AvgIpc) is 2.65. The molecule has 0 amide bonds. The summed E-state index contributed by atoms with van der Waals surface area (Å²) in [4.78, 5) is 12.0. The van der Waals surface area contributed by atoms with E-state index in [0.29, 0.717) is 12.4 Å². The highest BCUT2D eigenvalue weighted by atomic mass is 16.5. The number of rotatable bonds is 2. The topological polar surface area (TPSA) is 26.3 Å². The lowest BCUT2D eigenvalue weighted by atomic mass is 10.0. The minimum absolute atomic E-state index is 0.139. The van der Waals surface area contributed by atoms with Crippen molar-refractivity contribution in [2.24, 2.45) is 0 Å². The van der Waals surface area contributed by atoms with E-state index >= 15 is 0 Å². The van der Waals surface area contributed by atoms with Crippen molar-refractivity contribution in [2.45, 2.75) is 39.0 Å². The minimum Gasteiger partial charge on any atom is -0.490 e. The normalized spacial score (nSPS) is 21.9. The van der Waals surface area contributed by atoms with Gasteiger partial charge in [-0.15, -0.1) is 0 Å². The van der Waals surface area contributed by atoms with Crippen LogP contribution in [0.4, 0.5) is 0 Å². The number of carbonyl (C=O) groups is 1. The van der Waals surface area contributed by atoms with Crippen LogP contribution in [-0.4, -0.2) is 12.4 Å². The number of carbonyl (C=O) groups excluding carboxylic acids is 1. The summed E-state index contributed by atoms with van der Waals surface area (Å²) < 4.78 is 5.38. The van der Waals surface area contributed by atoms with Gasteiger partial charge in [0, 0.05) is 5.57 Å². The number of ether oxygens (including phenoxy) is 1. The second-order valence-corrected chi connectivity index (χ2v) is 4.00. The first-order valence-electron chi connectivity index (χ1n) is 5.35. The van der Waals surface area contributed by atoms with Gasteiger partial charge in [-0.3, -0.25) is 4.79 Å². The Morgan fingerprint density at radius 1 is 1.36 bits per heavy atom. The molecule has 0 saturated heterocycles. The highest BCUT2D eigenvalue weighted by molar-refractivity contribution is 6.07. The smallest absolute Gasteiger partial charge is 0.223 e. The zero-order chi connectivity index (χ0) is 9.97. The number of Topliss-reactive ketones (excluding diaryl/α,β-unsaturated/α-hetero) is 1. The average molecular weight is 192 g/mol. The Labute approximate surface area is 84.6 Å². The molecule has 2 nitrogen and oxygen atoms in total. The van der Waals surface area contributed by atoms with Crippen molar-refractivity contribution in [1.82, 2.24) is 0 Å². The molecule has 2 rings (SSSR count). The van der Waals surface area contributed by atoms with Crippen molar-refractivity contribution in [2.75, 3.05) is 6.61 Å². The van der Waals surface area contributed by atoms with Gasteiger partial charge < -0.3 is 4.74 Å². The summed E-state index contributed by atoms with van der Waals surface area (Å²) in [5.41, 5.74) is 2.25. The van der Waals surface area contributed by atoms with Gasteiger partial charge in [0.05, 0.1) is 6.61 Å². The molecule has 0 unspecified atom stereocenters. The number of ketones is 1. The molecule has 0 saturated carbocycles. The van der Waals surface area contributed by atoms with Crippen LogP contribution in [0.15, 0.2) is 23.0 Å². The van der Waals surface area contributed by atoms with Crippen LogP contribution in [-0.2, 0) is 9.53 Å². The van der Waals surface area contributed by atoms with Gasteiger partial charge in [-0.2, -0.15) is 0 Å². The van der Waals surface area contributed by atoms with Crippen LogP contribution >= 0.6 is 0 Å². The Morgan fingerprint density at radius 3 is 2.79 bits per heavy atom. The summed E-state index contributed by atoms with van der Waals surface area (Å²) in [6.45, 7) is 2.76. The van der Waals surface area contributed by atoms with Crippen LogP contribution in [0.3, 0.4) is 0 Å². The third-order valence-corrected chi connectivity index (χ3v) is 2.93. The zero-order valence-corrected chi connectivity index (χ0v) is 8.64. The molecule has 0 fully saturated rings. The summed E-state index contributed by atoms with van der Waals surface area (Å²) in [5.74, 6) is 0.729. The first kappa shape index (κ1) is 9.50. The van der Waals surface area contributed by atoms with Crippen molar-refractivity contribution in [3.63, 3.8) is 0 Å². The molecule has 0 N–H and O–H groups in total. The Balaban J connectivity index is 2.15. The molecule has 0 aromatic carbocycles. The summed E-state index contributed by atoms with van der Waals surface area (Å²) in [5, 5.41) is 0. The maximum absolute atomic E-state index is 12.0.